The van der Waals surface area contributed by atoms with Gasteiger partial charge >= 0.3 is 0 Å². The molecule has 0 unspecified atom stereocenters. The van der Waals surface area contributed by atoms with E-state index in [9.17, 15) is 9.90 Å². The summed E-state index contributed by atoms with van der Waals surface area (Å²) in [4.78, 5) is 12.8. The third-order valence-corrected chi connectivity index (χ3v) is 7.85. The highest BCUT2D eigenvalue weighted by Gasteiger charge is 2.38. The fourth-order valence-corrected chi connectivity index (χ4v) is 6.23. The van der Waals surface area contributed by atoms with Crippen LogP contribution >= 0.6 is 34.3 Å². The first-order chi connectivity index (χ1) is 13.5. The Bertz CT molecular complexity index is 989. The van der Waals surface area contributed by atoms with E-state index in [0.29, 0.717) is 22.2 Å². The molecule has 0 spiro atoms. The van der Waals surface area contributed by atoms with Gasteiger partial charge in [-0.25, -0.2) is 0 Å². The zero-order valence-corrected chi connectivity index (χ0v) is 17.9. The number of nitrogens with one attached hydrogen (secondary N) is 1. The lowest BCUT2D eigenvalue weighted by Gasteiger charge is -2.39. The molecule has 148 valence electrons. The molecular weight excluding hydrogens is 414 g/mol. The van der Waals surface area contributed by atoms with Gasteiger partial charge in [0.2, 0.25) is 0 Å². The molecule has 3 aromatic rings. The summed E-state index contributed by atoms with van der Waals surface area (Å²) in [7, 11) is 1.52. The summed E-state index contributed by atoms with van der Waals surface area (Å²) in [5, 5.41) is 18.4. The standard InChI is InChI=1S/C21H22ClNO3S2/c1-26-18-15(10-28-19(18)22)20(25)23-12-21(8-6-13(24)7-9-21)16-11-27-17-5-3-2-4-14(16)17/h2-5,10-11,13,24H,6-9,12H2,1H3,(H,23,25)/t13-,21+. The van der Waals surface area contributed by atoms with E-state index in [2.05, 4.69) is 28.9 Å². The number of carbonyl (C=O) groups excluding carboxylic acids is 1. The van der Waals surface area contributed by atoms with Crippen molar-refractivity contribution in [3.8, 4) is 5.75 Å². The smallest absolute Gasteiger partial charge is 0.255 e. The van der Waals surface area contributed by atoms with Crippen LogP contribution in [0.1, 0.15) is 41.6 Å². The van der Waals surface area contributed by atoms with Crippen LogP contribution in [-0.4, -0.2) is 30.8 Å². The van der Waals surface area contributed by atoms with Crippen LogP contribution in [0, 0.1) is 0 Å². The SMILES string of the molecule is COc1c(C(=O)NC[C@]2(c3csc4ccccc43)CC[C@@H](O)CC2)csc1Cl. The normalized spacial score (nSPS) is 22.3. The van der Waals surface area contributed by atoms with Gasteiger partial charge in [0.05, 0.1) is 18.8 Å². The molecule has 2 aromatic heterocycles. The molecule has 1 aliphatic rings. The van der Waals surface area contributed by atoms with Crippen molar-refractivity contribution < 1.29 is 14.6 Å². The third-order valence-electron chi connectivity index (χ3n) is 5.70. The van der Waals surface area contributed by atoms with Crippen molar-refractivity contribution in [3.05, 3.63) is 50.5 Å². The van der Waals surface area contributed by atoms with Crippen LogP contribution in [0.5, 0.6) is 5.75 Å². The molecule has 1 aliphatic carbocycles. The fourth-order valence-electron chi connectivity index (χ4n) is 4.10. The van der Waals surface area contributed by atoms with Crippen molar-refractivity contribution >= 4 is 50.3 Å². The minimum Gasteiger partial charge on any atom is -0.493 e. The third kappa shape index (κ3) is 3.54. The Balaban J connectivity index is 1.63. The lowest BCUT2D eigenvalue weighted by molar-refractivity contribution is 0.0853. The zero-order valence-electron chi connectivity index (χ0n) is 15.5. The van der Waals surface area contributed by atoms with Crippen LogP contribution in [0.25, 0.3) is 10.1 Å². The maximum absolute atomic E-state index is 12.8. The second-order valence-electron chi connectivity index (χ2n) is 7.30. The van der Waals surface area contributed by atoms with E-state index in [1.807, 2.05) is 6.07 Å². The predicted molar refractivity (Wildman–Crippen MR) is 116 cm³/mol. The molecule has 28 heavy (non-hydrogen) atoms. The molecule has 1 aromatic carbocycles. The lowest BCUT2D eigenvalue weighted by Crippen LogP contribution is -2.44. The number of aliphatic hydroxyl groups excluding tert-OH is 1. The molecule has 4 nitrogen and oxygen atoms in total. The maximum Gasteiger partial charge on any atom is 0.255 e. The summed E-state index contributed by atoms with van der Waals surface area (Å²) in [5.74, 6) is 0.253. The summed E-state index contributed by atoms with van der Waals surface area (Å²) in [6.07, 6.45) is 2.92. The summed E-state index contributed by atoms with van der Waals surface area (Å²) >= 11 is 9.14. The number of carbonyl (C=O) groups is 1. The number of thiophene rings is 2. The number of methoxy groups -OCH3 is 1. The van der Waals surface area contributed by atoms with Gasteiger partial charge in [0.1, 0.15) is 4.34 Å². The number of rotatable bonds is 5. The number of benzene rings is 1. The largest absolute Gasteiger partial charge is 0.493 e. The van der Waals surface area contributed by atoms with E-state index in [1.165, 1.54) is 34.1 Å². The highest BCUT2D eigenvalue weighted by atomic mass is 35.5. The molecule has 1 saturated carbocycles. The van der Waals surface area contributed by atoms with Crippen molar-refractivity contribution in [3.63, 3.8) is 0 Å². The predicted octanol–water partition coefficient (Wildman–Crippen LogP) is 5.23. The van der Waals surface area contributed by atoms with Gasteiger partial charge in [-0.1, -0.05) is 29.8 Å². The van der Waals surface area contributed by atoms with E-state index < -0.39 is 0 Å². The van der Waals surface area contributed by atoms with E-state index >= 15 is 0 Å². The number of fused-ring (bicyclic) bond motifs is 1. The summed E-state index contributed by atoms with van der Waals surface area (Å²) in [5.41, 5.74) is 1.57. The van der Waals surface area contributed by atoms with Gasteiger partial charge in [-0.2, -0.15) is 0 Å². The number of ether oxygens (including phenoxy) is 1. The van der Waals surface area contributed by atoms with E-state index in [1.54, 1.807) is 16.7 Å². The van der Waals surface area contributed by atoms with E-state index in [-0.39, 0.29) is 17.4 Å². The molecule has 0 radical (unpaired) electrons. The van der Waals surface area contributed by atoms with Gasteiger partial charge in [-0.15, -0.1) is 22.7 Å². The van der Waals surface area contributed by atoms with Crippen LogP contribution in [0.2, 0.25) is 4.34 Å². The number of amides is 1. The first-order valence-electron chi connectivity index (χ1n) is 9.28. The topological polar surface area (TPSA) is 58.6 Å². The van der Waals surface area contributed by atoms with Crippen molar-refractivity contribution in [1.82, 2.24) is 5.32 Å². The number of halogens is 1. The number of aliphatic hydroxyl groups is 1. The first kappa shape index (κ1) is 19.7. The molecule has 0 atom stereocenters. The summed E-state index contributed by atoms with van der Waals surface area (Å²) in [6, 6.07) is 8.39. The average molecular weight is 436 g/mol. The number of hydrogen-bond donors (Lipinski definition) is 2. The van der Waals surface area contributed by atoms with Gasteiger partial charge < -0.3 is 15.2 Å². The monoisotopic (exact) mass is 435 g/mol. The second-order valence-corrected chi connectivity index (χ2v) is 9.69. The maximum atomic E-state index is 12.8. The molecule has 0 saturated heterocycles. The van der Waals surface area contributed by atoms with Crippen molar-refractivity contribution in [2.45, 2.75) is 37.2 Å². The Kier molecular flexibility index (Phi) is 5.65. The molecular formula is C21H22ClNO3S2. The minimum absolute atomic E-state index is 0.176. The Morgan fingerprint density at radius 1 is 1.29 bits per heavy atom. The molecule has 1 amide bonds. The Morgan fingerprint density at radius 3 is 2.79 bits per heavy atom. The highest BCUT2D eigenvalue weighted by molar-refractivity contribution is 7.17. The van der Waals surface area contributed by atoms with E-state index in [4.69, 9.17) is 16.3 Å². The van der Waals surface area contributed by atoms with Crippen LogP contribution in [0.3, 0.4) is 0 Å². The molecule has 1 fully saturated rings. The quantitative estimate of drug-likeness (QED) is 0.577. The molecule has 7 heteroatoms. The van der Waals surface area contributed by atoms with E-state index in [0.717, 1.165) is 25.7 Å². The second kappa shape index (κ2) is 8.03. The van der Waals surface area contributed by atoms with Crippen LogP contribution in [-0.2, 0) is 5.41 Å². The summed E-state index contributed by atoms with van der Waals surface area (Å²) in [6.45, 7) is 0.524. The molecule has 0 aliphatic heterocycles. The molecule has 0 bridgehead atoms. The van der Waals surface area contributed by atoms with Crippen LogP contribution in [0.15, 0.2) is 35.0 Å². The Morgan fingerprint density at radius 2 is 2.04 bits per heavy atom. The zero-order chi connectivity index (χ0) is 19.7. The minimum atomic E-state index is -0.260. The van der Waals surface area contributed by atoms with Crippen molar-refractivity contribution in [2.24, 2.45) is 0 Å². The van der Waals surface area contributed by atoms with Gasteiger partial charge in [0, 0.05) is 22.0 Å². The van der Waals surface area contributed by atoms with Crippen molar-refractivity contribution in [2.75, 3.05) is 13.7 Å². The fraction of sp³-hybridized carbons (Fsp3) is 0.381. The van der Waals surface area contributed by atoms with Gasteiger partial charge in [0.15, 0.2) is 5.75 Å². The first-order valence-corrected chi connectivity index (χ1v) is 11.4. The number of hydrogen-bond acceptors (Lipinski definition) is 5. The van der Waals surface area contributed by atoms with Crippen molar-refractivity contribution in [1.29, 1.82) is 0 Å². The molecule has 2 N–H and O–H groups in total. The van der Waals surface area contributed by atoms with Crippen LogP contribution < -0.4 is 10.1 Å². The summed E-state index contributed by atoms with van der Waals surface area (Å²) < 4.78 is 7.01. The molecule has 2 heterocycles. The van der Waals surface area contributed by atoms with Crippen LogP contribution in [0.4, 0.5) is 0 Å². The van der Waals surface area contributed by atoms with Gasteiger partial charge in [-0.05, 0) is 48.1 Å². The Hall–Kier alpha value is -1.60. The average Bonchev–Trinajstić information content (AvgIpc) is 3.31. The highest BCUT2D eigenvalue weighted by Crippen LogP contribution is 2.44. The lowest BCUT2D eigenvalue weighted by atomic mass is 9.68. The Labute approximate surface area is 177 Å². The van der Waals surface area contributed by atoms with Gasteiger partial charge in [-0.3, -0.25) is 4.79 Å². The molecule has 4 rings (SSSR count). The van der Waals surface area contributed by atoms with Gasteiger partial charge in [0.25, 0.3) is 5.91 Å².